The Labute approximate surface area is 158 Å². The number of nitrogens with zero attached hydrogens (tertiary/aromatic N) is 1. The molecule has 5 heteroatoms. The lowest BCUT2D eigenvalue weighted by molar-refractivity contribution is -0.701. The summed E-state index contributed by atoms with van der Waals surface area (Å²) in [5.41, 5.74) is 3.68. The van der Waals surface area contributed by atoms with Crippen LogP contribution in [0.15, 0.2) is 36.5 Å². The molecule has 0 atom stereocenters. The average Bonchev–Trinajstić information content (AvgIpc) is 2.95. The van der Waals surface area contributed by atoms with Crippen molar-refractivity contribution < 1.29 is 31.4 Å². The third-order valence-corrected chi connectivity index (χ3v) is 4.75. The first kappa shape index (κ1) is 19.4. The molecule has 0 amide bonds. The summed E-state index contributed by atoms with van der Waals surface area (Å²) >= 11 is 0. The Kier molecular flexibility index (Phi) is 7.00. The van der Waals surface area contributed by atoms with Gasteiger partial charge in [-0.25, -0.2) is 4.57 Å². The minimum atomic E-state index is -0.687. The van der Waals surface area contributed by atoms with Crippen LogP contribution in [0.3, 0.4) is 0 Å². The molecule has 2 aromatic heterocycles. The van der Waals surface area contributed by atoms with Gasteiger partial charge in [0.15, 0.2) is 6.20 Å². The molecule has 0 saturated carbocycles. The van der Waals surface area contributed by atoms with Crippen LogP contribution in [0.2, 0.25) is 0 Å². The lowest BCUT2D eigenvalue weighted by Gasteiger charge is -2.02. The number of carboxylic acid groups (broad SMARTS) is 1. The van der Waals surface area contributed by atoms with E-state index in [4.69, 9.17) is 5.11 Å². The number of fused-ring (bicyclic) bond motifs is 3. The van der Waals surface area contributed by atoms with Crippen LogP contribution in [-0.2, 0) is 11.3 Å². The Morgan fingerprint density at radius 1 is 1.04 bits per heavy atom. The molecule has 4 nitrogen and oxygen atoms in total. The maximum atomic E-state index is 10.5. The standard InChI is InChI=1S/C20H24N2O2.BrH/c1-15-20-17(16-9-6-7-10-18(16)21-20)12-14-22(15)13-8-4-2-3-5-11-19(23)24;/h6-7,9-10,12,14H,2-5,8,11,13H2,1H3,(H,23,24);1H. The van der Waals surface area contributed by atoms with Gasteiger partial charge in [0, 0.05) is 42.1 Å². The Morgan fingerprint density at radius 3 is 2.56 bits per heavy atom. The van der Waals surface area contributed by atoms with Crippen molar-refractivity contribution in [1.29, 1.82) is 0 Å². The Balaban J connectivity index is 0.00000225. The van der Waals surface area contributed by atoms with E-state index < -0.39 is 5.97 Å². The molecule has 0 aliphatic carbocycles. The van der Waals surface area contributed by atoms with E-state index in [1.165, 1.54) is 27.5 Å². The fraction of sp³-hybridized carbons (Fsp3) is 0.400. The summed E-state index contributed by atoms with van der Waals surface area (Å²) in [5.74, 6) is -0.687. The molecule has 1 aromatic carbocycles. The average molecular weight is 405 g/mol. The number of aliphatic carboxylic acids is 1. The van der Waals surface area contributed by atoms with Crippen LogP contribution >= 0.6 is 0 Å². The predicted octanol–water partition coefficient (Wildman–Crippen LogP) is 1.35. The molecule has 0 aliphatic rings. The highest BCUT2D eigenvalue weighted by Gasteiger charge is 2.14. The number of carbonyl (C=O) groups is 1. The highest BCUT2D eigenvalue weighted by molar-refractivity contribution is 6.07. The van der Waals surface area contributed by atoms with Gasteiger partial charge in [-0.15, -0.1) is 0 Å². The quantitative estimate of drug-likeness (QED) is 0.439. The Bertz CT molecular complexity index is 857. The van der Waals surface area contributed by atoms with Gasteiger partial charge >= 0.3 is 5.97 Å². The van der Waals surface area contributed by atoms with Gasteiger partial charge in [0.25, 0.3) is 0 Å². The van der Waals surface area contributed by atoms with Crippen LogP contribution in [0.5, 0.6) is 0 Å². The number of carboxylic acids is 1. The number of nitrogens with one attached hydrogen (secondary N) is 1. The first-order valence-corrected chi connectivity index (χ1v) is 8.78. The van der Waals surface area contributed by atoms with E-state index in [1.807, 2.05) is 0 Å². The number of aryl methyl sites for hydroxylation is 2. The normalized spacial score (nSPS) is 10.9. The largest absolute Gasteiger partial charge is 1.00 e. The van der Waals surface area contributed by atoms with E-state index in [2.05, 4.69) is 53.0 Å². The number of hydrogen-bond acceptors (Lipinski definition) is 1. The molecule has 0 spiro atoms. The van der Waals surface area contributed by atoms with Crippen molar-refractivity contribution in [2.75, 3.05) is 0 Å². The summed E-state index contributed by atoms with van der Waals surface area (Å²) in [5, 5.41) is 11.2. The van der Waals surface area contributed by atoms with Gasteiger partial charge in [-0.05, 0) is 18.9 Å². The van der Waals surface area contributed by atoms with Crippen molar-refractivity contribution in [3.8, 4) is 0 Å². The van der Waals surface area contributed by atoms with Gasteiger partial charge in [0.2, 0.25) is 5.69 Å². The van der Waals surface area contributed by atoms with Crippen molar-refractivity contribution in [2.24, 2.45) is 0 Å². The van der Waals surface area contributed by atoms with Crippen molar-refractivity contribution in [1.82, 2.24) is 4.98 Å². The van der Waals surface area contributed by atoms with Crippen molar-refractivity contribution in [3.63, 3.8) is 0 Å². The topological polar surface area (TPSA) is 57.0 Å². The van der Waals surface area contributed by atoms with Crippen molar-refractivity contribution >= 4 is 27.8 Å². The zero-order chi connectivity index (χ0) is 16.9. The molecule has 25 heavy (non-hydrogen) atoms. The molecule has 3 rings (SSSR count). The summed E-state index contributed by atoms with van der Waals surface area (Å²) in [4.78, 5) is 14.0. The number of unbranched alkanes of at least 4 members (excludes halogenated alkanes) is 4. The van der Waals surface area contributed by atoms with E-state index in [9.17, 15) is 4.79 Å². The number of aromatic nitrogens is 2. The zero-order valence-electron chi connectivity index (χ0n) is 14.6. The van der Waals surface area contributed by atoms with E-state index in [0.717, 1.165) is 38.6 Å². The highest BCUT2D eigenvalue weighted by Crippen LogP contribution is 2.25. The van der Waals surface area contributed by atoms with Crippen LogP contribution in [0.25, 0.3) is 21.8 Å². The number of hydrogen-bond donors (Lipinski definition) is 2. The van der Waals surface area contributed by atoms with Crippen LogP contribution in [0.4, 0.5) is 0 Å². The first-order chi connectivity index (χ1) is 11.7. The lowest BCUT2D eigenvalue weighted by atomic mass is 10.1. The molecule has 0 unspecified atom stereocenters. The molecule has 0 fully saturated rings. The molecule has 2 heterocycles. The third kappa shape index (κ3) is 4.60. The van der Waals surface area contributed by atoms with Gasteiger partial charge in [-0.2, -0.15) is 0 Å². The van der Waals surface area contributed by atoms with Gasteiger partial charge in [0.1, 0.15) is 12.1 Å². The SMILES string of the molecule is Cc1c2[nH]c3ccccc3c2cc[n+]1CCCCCCCC(=O)O.[Br-]. The van der Waals surface area contributed by atoms with Crippen LogP contribution in [0.1, 0.15) is 44.2 Å². The predicted molar refractivity (Wildman–Crippen MR) is 96.1 cm³/mol. The molecule has 134 valence electrons. The highest BCUT2D eigenvalue weighted by atomic mass is 79.9. The molecule has 2 N–H and O–H groups in total. The second-order valence-electron chi connectivity index (χ2n) is 6.47. The Hall–Kier alpha value is -1.88. The number of aromatic amines is 1. The second kappa shape index (κ2) is 8.99. The summed E-state index contributed by atoms with van der Waals surface area (Å²) in [6.45, 7) is 3.18. The fourth-order valence-corrected chi connectivity index (χ4v) is 3.37. The maximum absolute atomic E-state index is 10.5. The van der Waals surface area contributed by atoms with Crippen LogP contribution in [-0.4, -0.2) is 16.1 Å². The molecule has 0 aliphatic heterocycles. The second-order valence-corrected chi connectivity index (χ2v) is 6.47. The molecule has 0 radical (unpaired) electrons. The molecule has 3 aromatic rings. The summed E-state index contributed by atoms with van der Waals surface area (Å²) in [6, 6.07) is 10.6. The van der Waals surface area contributed by atoms with E-state index >= 15 is 0 Å². The van der Waals surface area contributed by atoms with Gasteiger partial charge in [-0.3, -0.25) is 4.79 Å². The number of para-hydroxylation sites is 1. The van der Waals surface area contributed by atoms with Crippen LogP contribution < -0.4 is 21.5 Å². The fourth-order valence-electron chi connectivity index (χ4n) is 3.37. The monoisotopic (exact) mass is 404 g/mol. The molecule has 0 bridgehead atoms. The smallest absolute Gasteiger partial charge is 0.303 e. The number of pyridine rings is 1. The summed E-state index contributed by atoms with van der Waals surface area (Å²) in [6.07, 6.45) is 7.68. The molecular formula is C20H25BrN2O2. The zero-order valence-corrected chi connectivity index (χ0v) is 16.2. The van der Waals surface area contributed by atoms with Gasteiger partial charge in [-0.1, -0.05) is 31.0 Å². The van der Waals surface area contributed by atoms with E-state index in [1.54, 1.807) is 0 Å². The van der Waals surface area contributed by atoms with Crippen LogP contribution in [0, 0.1) is 6.92 Å². The Morgan fingerprint density at radius 2 is 1.76 bits per heavy atom. The summed E-state index contributed by atoms with van der Waals surface area (Å²) < 4.78 is 2.31. The van der Waals surface area contributed by atoms with Crippen molar-refractivity contribution in [3.05, 3.63) is 42.2 Å². The van der Waals surface area contributed by atoms with Gasteiger partial charge < -0.3 is 27.1 Å². The lowest BCUT2D eigenvalue weighted by Crippen LogP contribution is -3.00. The minimum absolute atomic E-state index is 0. The van der Waals surface area contributed by atoms with Crippen molar-refractivity contribution in [2.45, 2.75) is 52.0 Å². The van der Waals surface area contributed by atoms with Gasteiger partial charge in [0.05, 0.1) is 0 Å². The number of halogens is 1. The number of rotatable bonds is 8. The third-order valence-electron chi connectivity index (χ3n) is 4.75. The first-order valence-electron chi connectivity index (χ1n) is 8.78. The minimum Gasteiger partial charge on any atom is -1.00 e. The molecular weight excluding hydrogens is 380 g/mol. The van der Waals surface area contributed by atoms with E-state index in [0.29, 0.717) is 6.42 Å². The number of benzene rings is 1. The molecule has 0 saturated heterocycles. The maximum Gasteiger partial charge on any atom is 0.303 e. The number of H-pyrrole nitrogens is 1. The summed E-state index contributed by atoms with van der Waals surface area (Å²) in [7, 11) is 0. The van der Waals surface area contributed by atoms with E-state index in [-0.39, 0.29) is 17.0 Å².